The van der Waals surface area contributed by atoms with E-state index in [1.165, 1.54) is 22.3 Å². The summed E-state index contributed by atoms with van der Waals surface area (Å²) in [6, 6.07) is 40.8. The van der Waals surface area contributed by atoms with Crippen LogP contribution in [0, 0.1) is 0 Å². The Hall–Kier alpha value is -4.76. The van der Waals surface area contributed by atoms with Crippen LogP contribution in [-0.2, 0) is 10.8 Å². The van der Waals surface area contributed by atoms with Crippen molar-refractivity contribution >= 4 is 11.0 Å². The zero-order valence-corrected chi connectivity index (χ0v) is 21.8. The first-order valence-electron chi connectivity index (χ1n) is 13.4. The Kier molecular flexibility index (Phi) is 4.49. The number of rotatable bonds is 1. The first kappa shape index (κ1) is 22.2. The zero-order valence-electron chi connectivity index (χ0n) is 21.8. The molecule has 1 aromatic heterocycles. The Morgan fingerprint density at radius 1 is 0.538 bits per heavy atom. The van der Waals surface area contributed by atoms with Crippen LogP contribution in [0.2, 0.25) is 0 Å². The Morgan fingerprint density at radius 3 is 1.82 bits per heavy atom. The van der Waals surface area contributed by atoms with Crippen molar-refractivity contribution in [2.24, 2.45) is 0 Å². The summed E-state index contributed by atoms with van der Waals surface area (Å²) >= 11 is 0. The van der Waals surface area contributed by atoms with Crippen LogP contribution in [0.1, 0.15) is 47.2 Å². The summed E-state index contributed by atoms with van der Waals surface area (Å²) in [5.74, 6) is 1.79. The molecular weight excluding hydrogens is 476 g/mol. The van der Waals surface area contributed by atoms with Gasteiger partial charge in [0.25, 0.3) is 0 Å². The van der Waals surface area contributed by atoms with Gasteiger partial charge in [0.2, 0.25) is 0 Å². The van der Waals surface area contributed by atoms with E-state index in [1.807, 2.05) is 30.5 Å². The molecule has 1 aliphatic carbocycles. The standard InChI is InChI=1S/C36H26N2O/c1-35(2)24-11-3-4-12-26(24)36(27-13-5-9-17-33(27)39-34-18-10-6-14-28(34)36)29-21-23(19-20-25(29)35)32-22-37-30-15-7-8-16-31(30)38-32/h3-22H,1-2H3. The maximum Gasteiger partial charge on any atom is 0.132 e. The van der Waals surface area contributed by atoms with E-state index < -0.39 is 5.41 Å². The summed E-state index contributed by atoms with van der Waals surface area (Å²) in [4.78, 5) is 9.74. The summed E-state index contributed by atoms with van der Waals surface area (Å²) in [7, 11) is 0. The van der Waals surface area contributed by atoms with Crippen molar-refractivity contribution in [3.63, 3.8) is 0 Å². The second-order valence-corrected chi connectivity index (χ2v) is 11.0. The normalized spacial score (nSPS) is 15.5. The van der Waals surface area contributed by atoms with E-state index in [1.54, 1.807) is 0 Å². The molecule has 1 aliphatic heterocycles. The van der Waals surface area contributed by atoms with Crippen LogP contribution in [0.4, 0.5) is 0 Å². The van der Waals surface area contributed by atoms with Crippen LogP contribution in [0.25, 0.3) is 22.3 Å². The van der Waals surface area contributed by atoms with Crippen molar-refractivity contribution in [1.82, 2.24) is 9.97 Å². The van der Waals surface area contributed by atoms with Gasteiger partial charge in [-0.2, -0.15) is 0 Å². The second kappa shape index (κ2) is 7.87. The van der Waals surface area contributed by atoms with Crippen LogP contribution in [-0.4, -0.2) is 9.97 Å². The van der Waals surface area contributed by atoms with Crippen LogP contribution >= 0.6 is 0 Å². The number of hydrogen-bond acceptors (Lipinski definition) is 3. The van der Waals surface area contributed by atoms with Crippen molar-refractivity contribution in [3.05, 3.63) is 155 Å². The van der Waals surface area contributed by atoms with E-state index >= 15 is 0 Å². The summed E-state index contributed by atoms with van der Waals surface area (Å²) in [6.07, 6.45) is 1.89. The summed E-state index contributed by atoms with van der Waals surface area (Å²) < 4.78 is 6.53. The Bertz CT molecular complexity index is 1890. The van der Waals surface area contributed by atoms with E-state index in [9.17, 15) is 0 Å². The molecule has 1 spiro atoms. The lowest BCUT2D eigenvalue weighted by Crippen LogP contribution is -2.43. The largest absolute Gasteiger partial charge is 0.457 e. The predicted octanol–water partition coefficient (Wildman–Crippen LogP) is 8.42. The van der Waals surface area contributed by atoms with Gasteiger partial charge < -0.3 is 4.74 Å². The third kappa shape index (κ3) is 2.93. The number of benzene rings is 5. The molecule has 0 fully saturated rings. The minimum atomic E-state index is -0.535. The molecule has 0 unspecified atom stereocenters. The van der Waals surface area contributed by atoms with Crippen LogP contribution in [0.15, 0.2) is 121 Å². The van der Waals surface area contributed by atoms with Gasteiger partial charge in [-0.05, 0) is 52.6 Å². The van der Waals surface area contributed by atoms with Crippen LogP contribution in [0.3, 0.4) is 0 Å². The number of hydrogen-bond donors (Lipinski definition) is 0. The average Bonchev–Trinajstić information content (AvgIpc) is 2.99. The highest BCUT2D eigenvalue weighted by atomic mass is 16.5. The van der Waals surface area contributed by atoms with Gasteiger partial charge in [-0.25, -0.2) is 4.98 Å². The van der Waals surface area contributed by atoms with E-state index in [-0.39, 0.29) is 5.41 Å². The molecule has 2 heterocycles. The van der Waals surface area contributed by atoms with Crippen molar-refractivity contribution < 1.29 is 4.74 Å². The van der Waals surface area contributed by atoms with Crippen LogP contribution in [0.5, 0.6) is 11.5 Å². The molecule has 3 nitrogen and oxygen atoms in total. The molecule has 0 bridgehead atoms. The topological polar surface area (TPSA) is 35.0 Å². The molecule has 0 N–H and O–H groups in total. The number of para-hydroxylation sites is 4. The molecule has 5 aromatic carbocycles. The summed E-state index contributed by atoms with van der Waals surface area (Å²) in [5.41, 5.74) is 10.5. The number of ether oxygens (including phenoxy) is 1. The molecule has 0 amide bonds. The van der Waals surface area contributed by atoms with Crippen molar-refractivity contribution in [2.45, 2.75) is 24.7 Å². The van der Waals surface area contributed by atoms with E-state index in [2.05, 4.69) is 105 Å². The summed E-state index contributed by atoms with van der Waals surface area (Å²) in [6.45, 7) is 4.67. The average molecular weight is 503 g/mol. The Balaban J connectivity index is 1.51. The number of fused-ring (bicyclic) bond motifs is 9. The smallest absolute Gasteiger partial charge is 0.132 e. The van der Waals surface area contributed by atoms with Gasteiger partial charge in [-0.3, -0.25) is 4.98 Å². The zero-order chi connectivity index (χ0) is 26.2. The monoisotopic (exact) mass is 502 g/mol. The van der Waals surface area contributed by atoms with Crippen molar-refractivity contribution in [3.8, 4) is 22.8 Å². The van der Waals surface area contributed by atoms with E-state index in [0.717, 1.165) is 44.9 Å². The minimum absolute atomic E-state index is 0.188. The second-order valence-electron chi connectivity index (χ2n) is 11.0. The lowest BCUT2D eigenvalue weighted by molar-refractivity contribution is 0.425. The highest BCUT2D eigenvalue weighted by Gasteiger charge is 2.52. The molecule has 8 rings (SSSR count). The van der Waals surface area contributed by atoms with Gasteiger partial charge in [-0.1, -0.05) is 98.8 Å². The Labute approximate surface area is 227 Å². The molecule has 2 aliphatic rings. The molecular formula is C36H26N2O. The lowest BCUT2D eigenvalue weighted by atomic mass is 9.53. The predicted molar refractivity (Wildman–Crippen MR) is 155 cm³/mol. The van der Waals surface area contributed by atoms with Gasteiger partial charge in [0.1, 0.15) is 11.5 Å². The molecule has 186 valence electrons. The quantitative estimate of drug-likeness (QED) is 0.226. The van der Waals surface area contributed by atoms with Crippen molar-refractivity contribution in [1.29, 1.82) is 0 Å². The molecule has 3 heteroatoms. The minimum Gasteiger partial charge on any atom is -0.457 e. The van der Waals surface area contributed by atoms with E-state index in [0.29, 0.717) is 0 Å². The first-order valence-corrected chi connectivity index (χ1v) is 13.4. The van der Waals surface area contributed by atoms with Gasteiger partial charge in [0.15, 0.2) is 0 Å². The molecule has 0 saturated carbocycles. The third-order valence-electron chi connectivity index (χ3n) is 8.65. The maximum atomic E-state index is 6.53. The van der Waals surface area contributed by atoms with Gasteiger partial charge in [0.05, 0.1) is 28.3 Å². The fourth-order valence-electron chi connectivity index (χ4n) is 6.88. The molecule has 6 aromatic rings. The summed E-state index contributed by atoms with van der Waals surface area (Å²) in [5, 5.41) is 0. The van der Waals surface area contributed by atoms with Gasteiger partial charge in [-0.15, -0.1) is 0 Å². The van der Waals surface area contributed by atoms with E-state index in [4.69, 9.17) is 14.7 Å². The first-order chi connectivity index (χ1) is 19.1. The SMILES string of the molecule is CC1(C)c2ccccc2C2(c3ccccc3Oc3ccccc32)c2cc(-c3cnc4ccccc4n3)ccc21. The molecule has 0 saturated heterocycles. The number of aromatic nitrogens is 2. The van der Waals surface area contributed by atoms with Gasteiger partial charge >= 0.3 is 0 Å². The highest BCUT2D eigenvalue weighted by molar-refractivity contribution is 5.80. The molecule has 0 radical (unpaired) electrons. The highest BCUT2D eigenvalue weighted by Crippen LogP contribution is 2.61. The number of nitrogens with zero attached hydrogens (tertiary/aromatic N) is 2. The fraction of sp³-hybridized carbons (Fsp3) is 0.111. The third-order valence-corrected chi connectivity index (χ3v) is 8.65. The fourth-order valence-corrected chi connectivity index (χ4v) is 6.88. The van der Waals surface area contributed by atoms with Crippen LogP contribution < -0.4 is 4.74 Å². The van der Waals surface area contributed by atoms with Crippen molar-refractivity contribution in [2.75, 3.05) is 0 Å². The molecule has 39 heavy (non-hydrogen) atoms. The Morgan fingerprint density at radius 2 is 1.10 bits per heavy atom. The van der Waals surface area contributed by atoms with Gasteiger partial charge in [0, 0.05) is 22.1 Å². The maximum absolute atomic E-state index is 6.53. The molecule has 0 atom stereocenters. The lowest BCUT2D eigenvalue weighted by Gasteiger charge is -2.50.